The summed E-state index contributed by atoms with van der Waals surface area (Å²) >= 11 is 12.5. The van der Waals surface area contributed by atoms with Crippen molar-refractivity contribution in [2.45, 2.75) is 30.8 Å². The Labute approximate surface area is 255 Å². The van der Waals surface area contributed by atoms with Gasteiger partial charge in [-0.15, -0.1) is 0 Å². The Bertz CT molecular complexity index is 1600. The highest BCUT2D eigenvalue weighted by atomic mass is 35.5. The molecule has 7 heteroatoms. The summed E-state index contributed by atoms with van der Waals surface area (Å²) < 4.78 is 5.63. The zero-order valence-corrected chi connectivity index (χ0v) is 24.4. The fourth-order valence-corrected chi connectivity index (χ4v) is 6.70. The number of aliphatic hydroxyl groups is 1. The number of ether oxygens (including phenoxy) is 1. The number of halogens is 2. The number of nitrogens with zero attached hydrogens (tertiary/aromatic N) is 1. The van der Waals surface area contributed by atoms with Gasteiger partial charge in [0.05, 0.1) is 18.6 Å². The van der Waals surface area contributed by atoms with Crippen LogP contribution in [0.25, 0.3) is 0 Å². The number of nitriles is 1. The molecule has 0 aromatic heterocycles. The minimum absolute atomic E-state index is 0.0309. The van der Waals surface area contributed by atoms with E-state index in [-0.39, 0.29) is 18.8 Å². The zero-order chi connectivity index (χ0) is 29.9. The Hall–Kier alpha value is -3.95. The minimum Gasteiger partial charge on any atom is -0.465 e. The molecule has 5 atom stereocenters. The van der Waals surface area contributed by atoms with Gasteiger partial charge in [-0.25, -0.2) is 0 Å². The summed E-state index contributed by atoms with van der Waals surface area (Å²) in [5.74, 6) is -4.37. The Morgan fingerprint density at radius 2 is 1.38 bits per heavy atom. The fourth-order valence-electron chi connectivity index (χ4n) is 6.44. The highest BCUT2D eigenvalue weighted by Gasteiger charge is 2.67. The first-order valence-electron chi connectivity index (χ1n) is 13.7. The molecule has 1 saturated carbocycles. The molecule has 0 radical (unpaired) electrons. The molecule has 4 aromatic carbocycles. The second-order valence-corrected chi connectivity index (χ2v) is 11.4. The largest absolute Gasteiger partial charge is 0.465 e. The van der Waals surface area contributed by atoms with Gasteiger partial charge >= 0.3 is 5.97 Å². The average molecular weight is 599 g/mol. The number of benzene rings is 4. The highest BCUT2D eigenvalue weighted by molar-refractivity contribution is 6.30. The van der Waals surface area contributed by atoms with Crippen LogP contribution in [-0.4, -0.2) is 23.5 Å². The average Bonchev–Trinajstić information content (AvgIpc) is 3.02. The zero-order valence-electron chi connectivity index (χ0n) is 22.9. The van der Waals surface area contributed by atoms with E-state index in [1.165, 1.54) is 0 Å². The van der Waals surface area contributed by atoms with Crippen LogP contribution < -0.4 is 0 Å². The molecule has 4 aromatic rings. The van der Waals surface area contributed by atoms with E-state index < -0.39 is 34.7 Å². The van der Waals surface area contributed by atoms with E-state index in [2.05, 4.69) is 6.07 Å². The Kier molecular flexibility index (Phi) is 8.52. The van der Waals surface area contributed by atoms with Crippen LogP contribution in [0, 0.1) is 22.7 Å². The molecule has 1 aliphatic carbocycles. The first-order chi connectivity index (χ1) is 20.3. The van der Waals surface area contributed by atoms with Crippen molar-refractivity contribution in [2.24, 2.45) is 11.3 Å². The molecule has 1 fully saturated rings. The summed E-state index contributed by atoms with van der Waals surface area (Å²) in [7, 11) is 0. The van der Waals surface area contributed by atoms with Crippen LogP contribution in [0.5, 0.6) is 0 Å². The van der Waals surface area contributed by atoms with Crippen LogP contribution >= 0.6 is 23.2 Å². The lowest BCUT2D eigenvalue weighted by Gasteiger charge is -2.54. The predicted octanol–water partition coefficient (Wildman–Crippen LogP) is 7.72. The lowest BCUT2D eigenvalue weighted by molar-refractivity contribution is -0.164. The Balaban J connectivity index is 1.89. The summed E-state index contributed by atoms with van der Waals surface area (Å²) in [6, 6.07) is 33.5. The van der Waals surface area contributed by atoms with E-state index in [0.717, 1.165) is 0 Å². The normalized spacial score (nSPS) is 25.3. The SMILES string of the molecule is CCOC(=O)[C@@]1(C#N)[C@H](c2ccc(Cl)cc2)[C@H](C(=O)c2ccccc2)[C@@](O)(c2ccccc2)C[C@H]1c1ccc(Cl)cc1. The molecule has 5 nitrogen and oxygen atoms in total. The van der Waals surface area contributed by atoms with Gasteiger partial charge in [-0.3, -0.25) is 9.59 Å². The van der Waals surface area contributed by atoms with E-state index in [0.29, 0.717) is 32.3 Å². The molecule has 0 aliphatic heterocycles. The molecule has 1 aliphatic rings. The van der Waals surface area contributed by atoms with Crippen molar-refractivity contribution in [1.29, 1.82) is 5.26 Å². The number of carbonyl (C=O) groups excluding carboxylic acids is 2. The van der Waals surface area contributed by atoms with Gasteiger partial charge in [0.2, 0.25) is 0 Å². The topological polar surface area (TPSA) is 87.4 Å². The van der Waals surface area contributed by atoms with Crippen molar-refractivity contribution < 1.29 is 19.4 Å². The molecule has 5 rings (SSSR count). The van der Waals surface area contributed by atoms with Gasteiger partial charge in [0.1, 0.15) is 5.60 Å². The second kappa shape index (κ2) is 12.1. The van der Waals surface area contributed by atoms with Gasteiger partial charge in [0, 0.05) is 27.4 Å². The monoisotopic (exact) mass is 597 g/mol. The van der Waals surface area contributed by atoms with Crippen LogP contribution in [0.4, 0.5) is 0 Å². The van der Waals surface area contributed by atoms with Gasteiger partial charge in [-0.05, 0) is 54.3 Å². The van der Waals surface area contributed by atoms with Crippen LogP contribution in [0.1, 0.15) is 52.2 Å². The quantitative estimate of drug-likeness (QED) is 0.174. The van der Waals surface area contributed by atoms with Gasteiger partial charge in [0.25, 0.3) is 0 Å². The molecular formula is C35H29Cl2NO4. The van der Waals surface area contributed by atoms with Crippen LogP contribution in [0.3, 0.4) is 0 Å². The van der Waals surface area contributed by atoms with Gasteiger partial charge in [-0.2, -0.15) is 5.26 Å². The number of hydrogen-bond acceptors (Lipinski definition) is 5. The van der Waals surface area contributed by atoms with Crippen molar-refractivity contribution in [3.63, 3.8) is 0 Å². The molecule has 0 saturated heterocycles. The van der Waals surface area contributed by atoms with Gasteiger partial charge in [-0.1, -0.05) is 108 Å². The third-order valence-electron chi connectivity index (χ3n) is 8.32. The molecule has 42 heavy (non-hydrogen) atoms. The van der Waals surface area contributed by atoms with E-state index in [4.69, 9.17) is 27.9 Å². The fraction of sp³-hybridized carbons (Fsp3) is 0.229. The molecule has 0 bridgehead atoms. The summed E-state index contributed by atoms with van der Waals surface area (Å²) in [6.45, 7) is 1.70. The van der Waals surface area contributed by atoms with Crippen molar-refractivity contribution in [3.8, 4) is 6.07 Å². The number of esters is 1. The van der Waals surface area contributed by atoms with Crippen molar-refractivity contribution in [1.82, 2.24) is 0 Å². The van der Waals surface area contributed by atoms with Crippen molar-refractivity contribution in [2.75, 3.05) is 6.61 Å². The Morgan fingerprint density at radius 1 is 0.857 bits per heavy atom. The molecule has 1 N–H and O–H groups in total. The molecule has 0 spiro atoms. The number of hydrogen-bond donors (Lipinski definition) is 1. The minimum atomic E-state index is -1.90. The second-order valence-electron chi connectivity index (χ2n) is 10.5. The molecule has 212 valence electrons. The number of rotatable bonds is 7. The van der Waals surface area contributed by atoms with E-state index in [1.807, 2.05) is 6.07 Å². The summed E-state index contributed by atoms with van der Waals surface area (Å²) in [6.07, 6.45) is -0.0989. The van der Waals surface area contributed by atoms with E-state index in [9.17, 15) is 20.0 Å². The summed E-state index contributed by atoms with van der Waals surface area (Å²) in [4.78, 5) is 28.9. The first-order valence-corrected chi connectivity index (χ1v) is 14.5. The maximum Gasteiger partial charge on any atom is 0.327 e. The maximum absolute atomic E-state index is 14.6. The third kappa shape index (κ3) is 5.12. The van der Waals surface area contributed by atoms with Crippen LogP contribution in [0.15, 0.2) is 109 Å². The van der Waals surface area contributed by atoms with Crippen LogP contribution in [0.2, 0.25) is 10.0 Å². The standard InChI is InChI=1S/C35H29Cl2NO4/c1-2-42-33(40)34(22-38)29(23-13-17-27(36)18-14-23)21-35(41,26-11-7-4-8-12-26)31(32(39)25-9-5-3-6-10-25)30(34)24-15-19-28(37)20-16-24/h3-20,29-31,41H,2,21H2,1H3/t29-,30+,31+,34+,35-/m0/s1. The van der Waals surface area contributed by atoms with Gasteiger partial charge in [0.15, 0.2) is 11.2 Å². The van der Waals surface area contributed by atoms with Crippen molar-refractivity contribution >= 4 is 35.0 Å². The third-order valence-corrected chi connectivity index (χ3v) is 8.82. The first kappa shape index (κ1) is 29.5. The molecule has 0 amide bonds. The lowest BCUT2D eigenvalue weighted by Crippen LogP contribution is -2.59. The van der Waals surface area contributed by atoms with Crippen LogP contribution in [-0.2, 0) is 15.1 Å². The van der Waals surface area contributed by atoms with Gasteiger partial charge < -0.3 is 9.84 Å². The number of Topliss-reactive ketones (excluding diaryl/α,β-unsaturated/α-hetero) is 1. The Morgan fingerprint density at radius 3 is 1.90 bits per heavy atom. The molecular weight excluding hydrogens is 569 g/mol. The molecule has 0 unspecified atom stereocenters. The summed E-state index contributed by atoms with van der Waals surface area (Å²) in [5, 5.41) is 25.0. The lowest BCUT2D eigenvalue weighted by atomic mass is 9.47. The van der Waals surface area contributed by atoms with E-state index in [1.54, 1.807) is 110 Å². The maximum atomic E-state index is 14.6. The smallest absolute Gasteiger partial charge is 0.327 e. The predicted molar refractivity (Wildman–Crippen MR) is 162 cm³/mol. The van der Waals surface area contributed by atoms with Crippen molar-refractivity contribution in [3.05, 3.63) is 141 Å². The number of ketones is 1. The summed E-state index contributed by atoms with van der Waals surface area (Å²) in [5.41, 5.74) is -1.68. The highest BCUT2D eigenvalue weighted by Crippen LogP contribution is 2.63. The van der Waals surface area contributed by atoms with E-state index >= 15 is 0 Å². The number of carbonyl (C=O) groups is 2. The molecule has 0 heterocycles.